The van der Waals surface area contributed by atoms with E-state index < -0.39 is 18.0 Å². The molecule has 0 bridgehead atoms. The van der Waals surface area contributed by atoms with E-state index in [-0.39, 0.29) is 138 Å². The van der Waals surface area contributed by atoms with E-state index in [4.69, 9.17) is 24.1 Å². The Morgan fingerprint density at radius 3 is 1.52 bits per heavy atom. The summed E-state index contributed by atoms with van der Waals surface area (Å²) in [6.45, 7) is 2.48. The molecule has 20 nitrogen and oxygen atoms in total. The third-order valence-electron chi connectivity index (χ3n) is 9.86. The van der Waals surface area contributed by atoms with Crippen LogP contribution in [-0.2, 0) is 57.3 Å². The van der Waals surface area contributed by atoms with Gasteiger partial charge in [0.2, 0.25) is 35.4 Å². The summed E-state index contributed by atoms with van der Waals surface area (Å²) < 4.78 is 21.2. The molecule has 0 aromatic heterocycles. The number of hydrogen-bond donors (Lipinski definition) is 8. The minimum atomic E-state index is -1.21. The highest BCUT2D eigenvalue weighted by Crippen LogP contribution is 2.29. The van der Waals surface area contributed by atoms with E-state index in [0.717, 1.165) is 64.2 Å². The van der Waals surface area contributed by atoms with E-state index in [1.165, 1.54) is 0 Å². The van der Waals surface area contributed by atoms with Gasteiger partial charge < -0.3 is 61.1 Å². The Morgan fingerprint density at radius 1 is 0.516 bits per heavy atom. The second kappa shape index (κ2) is 37.6. The van der Waals surface area contributed by atoms with E-state index in [0.29, 0.717) is 38.9 Å². The van der Waals surface area contributed by atoms with Gasteiger partial charge in [0.1, 0.15) is 19.3 Å². The monoisotopic (exact) mass is 950 g/mol. The third-order valence-corrected chi connectivity index (χ3v) is 10.4. The van der Waals surface area contributed by atoms with Gasteiger partial charge >= 0.3 is 11.9 Å². The molecular formula is C41H71BrN6O14. The normalized spacial score (nSPS) is 15.2. The second-order valence-corrected chi connectivity index (χ2v) is 15.6. The van der Waals surface area contributed by atoms with Crippen LogP contribution >= 0.6 is 15.9 Å². The van der Waals surface area contributed by atoms with Crippen molar-refractivity contribution in [2.45, 2.75) is 109 Å². The number of carboxylic acid groups (broad SMARTS) is 2. The first-order chi connectivity index (χ1) is 29.9. The molecule has 0 aromatic carbocycles. The molecule has 1 saturated carbocycles. The molecule has 21 heteroatoms. The minimum absolute atomic E-state index is 0.0262. The Balaban J connectivity index is 2.02. The summed E-state index contributed by atoms with van der Waals surface area (Å²) in [6, 6.07) is -1.20. The van der Waals surface area contributed by atoms with E-state index in [1.807, 2.05) is 0 Å². The molecule has 0 unspecified atom stereocenters. The van der Waals surface area contributed by atoms with E-state index >= 15 is 0 Å². The molecule has 1 fully saturated rings. The zero-order valence-corrected chi connectivity index (χ0v) is 37.7. The number of carbonyl (C=O) groups excluding carboxylic acids is 6. The van der Waals surface area contributed by atoms with Gasteiger partial charge in [-0.05, 0) is 50.9 Å². The van der Waals surface area contributed by atoms with Crippen LogP contribution in [0, 0.1) is 11.8 Å². The summed E-state index contributed by atoms with van der Waals surface area (Å²) in [6.07, 6.45) is 11.0. The van der Waals surface area contributed by atoms with Crippen LogP contribution in [0.25, 0.3) is 0 Å². The minimum Gasteiger partial charge on any atom is -0.481 e. The van der Waals surface area contributed by atoms with Gasteiger partial charge in [-0.1, -0.05) is 54.5 Å². The largest absolute Gasteiger partial charge is 0.481 e. The lowest BCUT2D eigenvalue weighted by Gasteiger charge is -2.28. The number of halogens is 1. The van der Waals surface area contributed by atoms with Crippen molar-refractivity contribution in [2.75, 3.05) is 90.9 Å². The highest BCUT2D eigenvalue weighted by molar-refractivity contribution is 9.09. The molecule has 1 rings (SSSR count). The Labute approximate surface area is 373 Å². The maximum atomic E-state index is 12.9. The second-order valence-electron chi connectivity index (χ2n) is 15.0. The smallest absolute Gasteiger partial charge is 0.326 e. The number of carbonyl (C=O) groups is 8. The number of rotatable bonds is 39. The molecule has 1 atom stereocenters. The molecule has 0 aliphatic heterocycles. The Hall–Kier alpha value is -3.92. The molecule has 62 heavy (non-hydrogen) atoms. The lowest BCUT2D eigenvalue weighted by Crippen LogP contribution is -2.45. The molecule has 0 saturated heterocycles. The van der Waals surface area contributed by atoms with Crippen molar-refractivity contribution in [1.29, 1.82) is 0 Å². The van der Waals surface area contributed by atoms with Gasteiger partial charge in [0.25, 0.3) is 0 Å². The number of nitrogens with one attached hydrogen (secondary N) is 6. The van der Waals surface area contributed by atoms with Gasteiger partial charge in [-0.15, -0.1) is 0 Å². The first-order valence-corrected chi connectivity index (χ1v) is 23.0. The highest BCUT2D eigenvalue weighted by Gasteiger charge is 2.29. The maximum Gasteiger partial charge on any atom is 0.326 e. The summed E-state index contributed by atoms with van der Waals surface area (Å²) in [4.78, 5) is 94.5. The summed E-state index contributed by atoms with van der Waals surface area (Å²) in [5, 5.41) is 34.6. The number of amides is 6. The first kappa shape index (κ1) is 56.1. The molecule has 0 radical (unpaired) electrons. The van der Waals surface area contributed by atoms with Gasteiger partial charge in [0, 0.05) is 57.9 Å². The topological polar surface area (TPSA) is 286 Å². The Kier molecular flexibility index (Phi) is 34.0. The van der Waals surface area contributed by atoms with Crippen molar-refractivity contribution in [3.63, 3.8) is 0 Å². The van der Waals surface area contributed by atoms with Gasteiger partial charge in [-0.3, -0.25) is 33.6 Å². The zero-order valence-electron chi connectivity index (χ0n) is 36.1. The van der Waals surface area contributed by atoms with Gasteiger partial charge in [0.05, 0.1) is 45.0 Å². The molecule has 356 valence electrons. The molecular weight excluding hydrogens is 880 g/mol. The third kappa shape index (κ3) is 32.7. The molecule has 8 N–H and O–H groups in total. The number of aliphatic carboxylic acids is 2. The van der Waals surface area contributed by atoms with Crippen molar-refractivity contribution >= 4 is 63.3 Å². The Bertz CT molecular complexity index is 1320. The summed E-state index contributed by atoms with van der Waals surface area (Å²) >= 11 is 3.03. The first-order valence-electron chi connectivity index (χ1n) is 21.9. The Morgan fingerprint density at radius 2 is 0.984 bits per heavy atom. The van der Waals surface area contributed by atoms with E-state index in [9.17, 15) is 43.5 Å². The SMILES string of the molecule is O=C(O)CCCCCCCCCCC(=O)NCC1CCC(C(=O)N[C@@H](CCC(=O)NCCOCCOCC(=O)NCCOCCOCC(=O)NCCNC(=O)CBr)C(=O)O)CC1. The lowest BCUT2D eigenvalue weighted by atomic mass is 9.81. The molecule has 0 spiro atoms. The van der Waals surface area contributed by atoms with Gasteiger partial charge in [-0.25, -0.2) is 4.79 Å². The van der Waals surface area contributed by atoms with Crippen LogP contribution in [0.15, 0.2) is 0 Å². The summed E-state index contributed by atoms with van der Waals surface area (Å²) in [5.41, 5.74) is 0. The molecule has 0 aromatic rings. The number of unbranched alkanes of at least 4 members (excludes halogenated alkanes) is 7. The average molecular weight is 952 g/mol. The predicted octanol–water partition coefficient (Wildman–Crippen LogP) is 1.17. The quantitative estimate of drug-likeness (QED) is 0.0317. The van der Waals surface area contributed by atoms with Crippen LogP contribution in [-0.4, -0.2) is 155 Å². The van der Waals surface area contributed by atoms with Crippen LogP contribution in [0.5, 0.6) is 0 Å². The zero-order chi connectivity index (χ0) is 45.6. The molecule has 1 aliphatic rings. The van der Waals surface area contributed by atoms with Crippen LogP contribution in [0.4, 0.5) is 0 Å². The van der Waals surface area contributed by atoms with Crippen molar-refractivity contribution in [1.82, 2.24) is 31.9 Å². The fraction of sp³-hybridized carbons (Fsp3) is 0.805. The van der Waals surface area contributed by atoms with Crippen molar-refractivity contribution in [2.24, 2.45) is 11.8 Å². The average Bonchev–Trinajstić information content (AvgIpc) is 3.25. The van der Waals surface area contributed by atoms with E-state index in [1.54, 1.807) is 0 Å². The van der Waals surface area contributed by atoms with Crippen molar-refractivity contribution in [3.05, 3.63) is 0 Å². The fourth-order valence-corrected chi connectivity index (χ4v) is 6.55. The van der Waals surface area contributed by atoms with Crippen LogP contribution < -0.4 is 31.9 Å². The number of ether oxygens (including phenoxy) is 4. The highest BCUT2D eigenvalue weighted by atomic mass is 79.9. The summed E-state index contributed by atoms with van der Waals surface area (Å²) in [7, 11) is 0. The van der Waals surface area contributed by atoms with E-state index in [2.05, 4.69) is 47.8 Å². The molecule has 1 aliphatic carbocycles. The number of carboxylic acids is 2. The number of alkyl halides is 1. The van der Waals surface area contributed by atoms with Crippen LogP contribution in [0.2, 0.25) is 0 Å². The van der Waals surface area contributed by atoms with Crippen molar-refractivity contribution < 1.29 is 67.5 Å². The maximum absolute atomic E-state index is 12.9. The van der Waals surface area contributed by atoms with Crippen molar-refractivity contribution in [3.8, 4) is 0 Å². The standard InChI is InChI=1S/C41H71BrN6O14/c42-27-36(51)43-17-18-44-37(52)29-61-25-24-60-22-20-46-38(53)30-62-26-23-59-21-19-45-35(50)16-15-33(41(57)58)48-40(56)32-13-11-31(12-14-32)28-47-34(49)9-7-5-3-1-2-4-6-8-10-39(54)55/h31-33H,1-30H2,(H,43,51)(H,44,52)(H,45,50)(H,46,53)(H,47,49)(H,48,56)(H,54,55)(H,57,58)/t31?,32?,33-/m0/s1. The van der Waals surface area contributed by atoms with Gasteiger partial charge in [-0.2, -0.15) is 0 Å². The molecule has 6 amide bonds. The lowest BCUT2D eigenvalue weighted by molar-refractivity contribution is -0.143. The number of hydrogen-bond acceptors (Lipinski definition) is 12. The van der Waals surface area contributed by atoms with Crippen LogP contribution in [0.1, 0.15) is 103 Å². The van der Waals surface area contributed by atoms with Gasteiger partial charge in [0.15, 0.2) is 0 Å². The molecule has 0 heterocycles. The fourth-order valence-electron chi connectivity index (χ4n) is 6.36. The van der Waals surface area contributed by atoms with Crippen LogP contribution in [0.3, 0.4) is 0 Å². The predicted molar refractivity (Wildman–Crippen MR) is 230 cm³/mol. The summed E-state index contributed by atoms with van der Waals surface area (Å²) in [5.74, 6) is -3.53.